The van der Waals surface area contributed by atoms with E-state index in [4.69, 9.17) is 21.1 Å². The minimum atomic E-state index is -0.481. The number of benzene rings is 2. The first-order valence-electron chi connectivity index (χ1n) is 8.16. The molecule has 0 aliphatic carbocycles. The Balaban J connectivity index is 1.88. The van der Waals surface area contributed by atoms with Gasteiger partial charge in [0.25, 0.3) is 5.91 Å². The number of nitriles is 1. The predicted octanol–water partition coefficient (Wildman–Crippen LogP) is 4.36. The molecule has 3 rings (SSSR count). The molecule has 132 valence electrons. The molecule has 0 spiro atoms. The second-order valence-electron chi connectivity index (χ2n) is 5.82. The van der Waals surface area contributed by atoms with Crippen LogP contribution in [0.1, 0.15) is 17.5 Å². The van der Waals surface area contributed by atoms with Crippen LogP contribution in [-0.2, 0) is 4.79 Å². The number of para-hydroxylation sites is 1. The number of carbonyl (C=O) groups excluding carboxylic acids is 1. The zero-order chi connectivity index (χ0) is 18.5. The quantitative estimate of drug-likeness (QED) is 0.645. The normalized spacial score (nSPS) is 13.5. The predicted molar refractivity (Wildman–Crippen MR) is 100 cm³/mol. The minimum absolute atomic E-state index is 0.0289. The number of fused-ring (bicyclic) bond motifs is 1. The molecule has 5 nitrogen and oxygen atoms in total. The van der Waals surface area contributed by atoms with Gasteiger partial charge in [0.15, 0.2) is 11.5 Å². The number of ether oxygens (including phenoxy) is 2. The van der Waals surface area contributed by atoms with Crippen molar-refractivity contribution in [3.8, 4) is 17.6 Å². The van der Waals surface area contributed by atoms with Crippen LogP contribution in [-0.4, -0.2) is 19.1 Å². The van der Waals surface area contributed by atoms with Crippen molar-refractivity contribution in [1.82, 2.24) is 0 Å². The minimum Gasteiger partial charge on any atom is -0.489 e. The van der Waals surface area contributed by atoms with E-state index in [1.54, 1.807) is 18.2 Å². The molecule has 6 heteroatoms. The first kappa shape index (κ1) is 17.8. The number of amides is 1. The van der Waals surface area contributed by atoms with Gasteiger partial charge in [0.2, 0.25) is 0 Å². The van der Waals surface area contributed by atoms with Gasteiger partial charge < -0.3 is 14.8 Å². The lowest BCUT2D eigenvalue weighted by Gasteiger charge is -2.10. The molecule has 0 saturated carbocycles. The molecule has 0 aromatic heterocycles. The maximum atomic E-state index is 12.4. The number of aryl methyl sites for hydroxylation is 1. The van der Waals surface area contributed by atoms with Crippen LogP contribution >= 0.6 is 11.6 Å². The summed E-state index contributed by atoms with van der Waals surface area (Å²) in [4.78, 5) is 12.4. The number of hydrogen-bond acceptors (Lipinski definition) is 4. The van der Waals surface area contributed by atoms with Crippen LogP contribution in [0.15, 0.2) is 42.0 Å². The lowest BCUT2D eigenvalue weighted by atomic mass is 10.1. The second kappa shape index (κ2) is 7.94. The SMILES string of the molecule is Cc1ccccc1NC(=O)/C(C#N)=C/c1cc(Cl)c2c(c1)OCCCO2. The monoisotopic (exact) mass is 368 g/mol. The summed E-state index contributed by atoms with van der Waals surface area (Å²) < 4.78 is 11.2. The van der Waals surface area contributed by atoms with Crippen molar-refractivity contribution in [1.29, 1.82) is 5.26 Å². The van der Waals surface area contributed by atoms with Crippen LogP contribution in [0.5, 0.6) is 11.5 Å². The highest BCUT2D eigenvalue weighted by atomic mass is 35.5. The fourth-order valence-electron chi connectivity index (χ4n) is 2.55. The standard InChI is InChI=1S/C20H17ClN2O3/c1-13-5-2-3-6-17(13)23-20(24)15(12-22)9-14-10-16(21)19-18(11-14)25-7-4-8-26-19/h2-3,5-6,9-11H,4,7-8H2,1H3,(H,23,24)/b15-9+. The van der Waals surface area contributed by atoms with E-state index in [0.29, 0.717) is 41.0 Å². The Kier molecular flexibility index (Phi) is 5.45. The maximum absolute atomic E-state index is 12.4. The van der Waals surface area contributed by atoms with Crippen molar-refractivity contribution in [2.24, 2.45) is 0 Å². The number of carbonyl (C=O) groups is 1. The first-order valence-corrected chi connectivity index (χ1v) is 8.54. The summed E-state index contributed by atoms with van der Waals surface area (Å²) in [6.45, 7) is 2.94. The molecule has 1 N–H and O–H groups in total. The number of nitrogens with one attached hydrogen (secondary N) is 1. The molecule has 0 saturated heterocycles. The summed E-state index contributed by atoms with van der Waals surface area (Å²) >= 11 is 6.26. The molecule has 0 radical (unpaired) electrons. The number of anilines is 1. The third kappa shape index (κ3) is 3.98. The Labute approximate surface area is 156 Å². The van der Waals surface area contributed by atoms with Crippen molar-refractivity contribution in [2.45, 2.75) is 13.3 Å². The average Bonchev–Trinajstić information content (AvgIpc) is 2.87. The molecule has 0 unspecified atom stereocenters. The van der Waals surface area contributed by atoms with Crippen molar-refractivity contribution < 1.29 is 14.3 Å². The fraction of sp³-hybridized carbons (Fsp3) is 0.200. The van der Waals surface area contributed by atoms with E-state index in [9.17, 15) is 10.1 Å². The van der Waals surface area contributed by atoms with Gasteiger partial charge in [0, 0.05) is 12.1 Å². The van der Waals surface area contributed by atoms with Crippen LogP contribution in [0.4, 0.5) is 5.69 Å². The third-order valence-electron chi connectivity index (χ3n) is 3.89. The molecule has 1 heterocycles. The van der Waals surface area contributed by atoms with Gasteiger partial charge in [-0.1, -0.05) is 29.8 Å². The number of rotatable bonds is 3. The summed E-state index contributed by atoms with van der Waals surface area (Å²) in [7, 11) is 0. The summed E-state index contributed by atoms with van der Waals surface area (Å²) in [5, 5.41) is 12.5. The van der Waals surface area contributed by atoms with Gasteiger partial charge in [0.1, 0.15) is 11.6 Å². The smallest absolute Gasteiger partial charge is 0.266 e. The van der Waals surface area contributed by atoms with Crippen LogP contribution in [0.2, 0.25) is 5.02 Å². The van der Waals surface area contributed by atoms with Crippen molar-refractivity contribution in [2.75, 3.05) is 18.5 Å². The molecule has 1 aliphatic heterocycles. The van der Waals surface area contributed by atoms with E-state index in [-0.39, 0.29) is 5.57 Å². The molecular formula is C20H17ClN2O3. The van der Waals surface area contributed by atoms with E-state index in [1.165, 1.54) is 6.08 Å². The second-order valence-corrected chi connectivity index (χ2v) is 6.23. The lowest BCUT2D eigenvalue weighted by Crippen LogP contribution is -2.14. The lowest BCUT2D eigenvalue weighted by molar-refractivity contribution is -0.112. The molecule has 1 aliphatic rings. The first-order chi connectivity index (χ1) is 12.6. The maximum Gasteiger partial charge on any atom is 0.266 e. The number of hydrogen-bond donors (Lipinski definition) is 1. The highest BCUT2D eigenvalue weighted by Gasteiger charge is 2.16. The van der Waals surface area contributed by atoms with Crippen molar-refractivity contribution in [3.63, 3.8) is 0 Å². The molecular weight excluding hydrogens is 352 g/mol. The Morgan fingerprint density at radius 1 is 1.27 bits per heavy atom. The largest absolute Gasteiger partial charge is 0.489 e. The summed E-state index contributed by atoms with van der Waals surface area (Å²) in [5.74, 6) is 0.520. The van der Waals surface area contributed by atoms with Gasteiger partial charge in [-0.05, 0) is 42.3 Å². The molecule has 26 heavy (non-hydrogen) atoms. The van der Waals surface area contributed by atoms with E-state index >= 15 is 0 Å². The highest BCUT2D eigenvalue weighted by molar-refractivity contribution is 6.32. The van der Waals surface area contributed by atoms with Gasteiger partial charge in [-0.3, -0.25) is 4.79 Å². The molecule has 2 aromatic carbocycles. The van der Waals surface area contributed by atoms with Gasteiger partial charge in [0.05, 0.1) is 18.2 Å². The van der Waals surface area contributed by atoms with Crippen LogP contribution in [0.25, 0.3) is 6.08 Å². The van der Waals surface area contributed by atoms with Crippen molar-refractivity contribution in [3.05, 3.63) is 58.1 Å². The topological polar surface area (TPSA) is 71.4 Å². The Morgan fingerprint density at radius 2 is 2.04 bits per heavy atom. The van der Waals surface area contributed by atoms with E-state index in [2.05, 4.69) is 5.32 Å². The van der Waals surface area contributed by atoms with Gasteiger partial charge >= 0.3 is 0 Å². The number of nitrogens with zero attached hydrogens (tertiary/aromatic N) is 1. The number of halogens is 1. The average molecular weight is 369 g/mol. The Hall–Kier alpha value is -2.97. The summed E-state index contributed by atoms with van der Waals surface area (Å²) in [6.07, 6.45) is 2.24. The molecule has 2 aromatic rings. The molecule has 0 atom stereocenters. The van der Waals surface area contributed by atoms with Crippen LogP contribution in [0.3, 0.4) is 0 Å². The molecule has 1 amide bonds. The van der Waals surface area contributed by atoms with Gasteiger partial charge in [-0.25, -0.2) is 0 Å². The molecule has 0 fully saturated rings. The highest BCUT2D eigenvalue weighted by Crippen LogP contribution is 2.38. The van der Waals surface area contributed by atoms with Gasteiger partial charge in [-0.2, -0.15) is 5.26 Å². The summed E-state index contributed by atoms with van der Waals surface area (Å²) in [6, 6.07) is 12.7. The summed E-state index contributed by atoms with van der Waals surface area (Å²) in [5.41, 5.74) is 2.14. The van der Waals surface area contributed by atoms with Crippen LogP contribution < -0.4 is 14.8 Å². The third-order valence-corrected chi connectivity index (χ3v) is 4.17. The Morgan fingerprint density at radius 3 is 2.81 bits per heavy atom. The zero-order valence-corrected chi connectivity index (χ0v) is 15.0. The fourth-order valence-corrected chi connectivity index (χ4v) is 2.83. The van der Waals surface area contributed by atoms with Crippen molar-refractivity contribution >= 4 is 29.3 Å². The Bertz CT molecular complexity index is 916. The van der Waals surface area contributed by atoms with Gasteiger partial charge in [-0.15, -0.1) is 0 Å². The van der Waals surface area contributed by atoms with E-state index < -0.39 is 5.91 Å². The van der Waals surface area contributed by atoms with E-state index in [0.717, 1.165) is 12.0 Å². The van der Waals surface area contributed by atoms with E-state index in [1.807, 2.05) is 31.2 Å². The molecule has 0 bridgehead atoms. The van der Waals surface area contributed by atoms with Crippen LogP contribution in [0, 0.1) is 18.3 Å². The zero-order valence-electron chi connectivity index (χ0n) is 14.2.